The highest BCUT2D eigenvalue weighted by Gasteiger charge is 2.36. The van der Waals surface area contributed by atoms with Gasteiger partial charge in [-0.25, -0.2) is 8.42 Å². The molecule has 0 radical (unpaired) electrons. The molecule has 18 heavy (non-hydrogen) atoms. The third-order valence-electron chi connectivity index (χ3n) is 3.55. The van der Waals surface area contributed by atoms with Crippen molar-refractivity contribution in [3.8, 4) is 0 Å². The van der Waals surface area contributed by atoms with Crippen LogP contribution in [-0.4, -0.2) is 43.5 Å². The molecule has 0 aromatic heterocycles. The maximum Gasteiger partial charge on any atom is 0.311 e. The van der Waals surface area contributed by atoms with Crippen LogP contribution in [0.2, 0.25) is 0 Å². The van der Waals surface area contributed by atoms with E-state index in [0.29, 0.717) is 12.8 Å². The summed E-state index contributed by atoms with van der Waals surface area (Å²) in [4.78, 5) is 22.8. The number of carbonyl (C=O) groups is 2. The molecule has 6 nitrogen and oxygen atoms in total. The highest BCUT2D eigenvalue weighted by molar-refractivity contribution is 7.91. The van der Waals surface area contributed by atoms with E-state index in [1.165, 1.54) is 0 Å². The minimum atomic E-state index is -3.09. The van der Waals surface area contributed by atoms with Crippen LogP contribution >= 0.6 is 0 Å². The zero-order valence-corrected chi connectivity index (χ0v) is 11.4. The lowest BCUT2D eigenvalue weighted by atomic mass is 9.87. The summed E-state index contributed by atoms with van der Waals surface area (Å²) < 4.78 is 22.5. The number of amides is 1. The zero-order chi connectivity index (χ0) is 14.0. The number of aliphatic carboxylic acids is 1. The molecule has 2 unspecified atom stereocenters. The highest BCUT2D eigenvalue weighted by atomic mass is 32.2. The maximum atomic E-state index is 11.7. The first kappa shape index (κ1) is 14.9. The van der Waals surface area contributed by atoms with Crippen LogP contribution in [-0.2, 0) is 19.4 Å². The molecule has 0 bridgehead atoms. The van der Waals surface area contributed by atoms with Gasteiger partial charge in [0.05, 0.1) is 22.8 Å². The van der Waals surface area contributed by atoms with E-state index < -0.39 is 27.1 Å². The Hall–Kier alpha value is -1.11. The molecule has 1 fully saturated rings. The van der Waals surface area contributed by atoms with Gasteiger partial charge in [-0.15, -0.1) is 0 Å². The monoisotopic (exact) mass is 277 g/mol. The van der Waals surface area contributed by atoms with Crippen LogP contribution in [0.4, 0.5) is 0 Å². The Morgan fingerprint density at radius 1 is 1.44 bits per heavy atom. The summed E-state index contributed by atoms with van der Waals surface area (Å²) >= 11 is 0. The molecule has 0 spiro atoms. The van der Waals surface area contributed by atoms with Gasteiger partial charge >= 0.3 is 5.97 Å². The zero-order valence-electron chi connectivity index (χ0n) is 10.6. The summed E-state index contributed by atoms with van der Waals surface area (Å²) in [6, 6.07) is 0. The third kappa shape index (κ3) is 3.44. The van der Waals surface area contributed by atoms with Crippen molar-refractivity contribution in [2.45, 2.75) is 26.7 Å². The molecular weight excluding hydrogens is 258 g/mol. The normalized spacial score (nSPS) is 25.3. The van der Waals surface area contributed by atoms with Crippen LogP contribution in [0.1, 0.15) is 26.7 Å². The molecule has 2 N–H and O–H groups in total. The predicted octanol–water partition coefficient (Wildman–Crippen LogP) is 0.0382. The van der Waals surface area contributed by atoms with Crippen molar-refractivity contribution >= 4 is 21.7 Å². The molecule has 0 aliphatic carbocycles. The predicted molar refractivity (Wildman–Crippen MR) is 65.8 cm³/mol. The molecule has 1 heterocycles. The van der Waals surface area contributed by atoms with Gasteiger partial charge in [-0.1, -0.05) is 6.92 Å². The molecule has 104 valence electrons. The molecule has 0 saturated carbocycles. The van der Waals surface area contributed by atoms with E-state index in [9.17, 15) is 18.0 Å². The molecule has 1 aliphatic heterocycles. The average molecular weight is 277 g/mol. The van der Waals surface area contributed by atoms with Crippen molar-refractivity contribution in [2.24, 2.45) is 11.3 Å². The average Bonchev–Trinajstić information content (AvgIpc) is 2.65. The summed E-state index contributed by atoms with van der Waals surface area (Å²) in [6.45, 7) is 3.32. The Bertz CT molecular complexity index is 444. The van der Waals surface area contributed by atoms with Gasteiger partial charge in [-0.05, 0) is 19.8 Å². The van der Waals surface area contributed by atoms with Crippen LogP contribution in [0, 0.1) is 11.3 Å². The largest absolute Gasteiger partial charge is 0.481 e. The molecule has 1 rings (SSSR count). The van der Waals surface area contributed by atoms with E-state index in [2.05, 4.69) is 5.32 Å². The first-order valence-corrected chi connectivity index (χ1v) is 7.74. The van der Waals surface area contributed by atoms with Crippen molar-refractivity contribution in [1.29, 1.82) is 0 Å². The number of carboxylic acids is 1. The highest BCUT2D eigenvalue weighted by Crippen LogP contribution is 2.22. The van der Waals surface area contributed by atoms with Crippen molar-refractivity contribution in [3.05, 3.63) is 0 Å². The summed E-state index contributed by atoms with van der Waals surface area (Å²) in [7, 11) is -3.09. The van der Waals surface area contributed by atoms with Gasteiger partial charge in [0.25, 0.3) is 0 Å². The van der Waals surface area contributed by atoms with Crippen LogP contribution < -0.4 is 5.32 Å². The van der Waals surface area contributed by atoms with Gasteiger partial charge in [0.1, 0.15) is 0 Å². The van der Waals surface area contributed by atoms with Crippen LogP contribution in [0.25, 0.3) is 0 Å². The molecule has 2 atom stereocenters. The lowest BCUT2D eigenvalue weighted by Gasteiger charge is -2.24. The van der Waals surface area contributed by atoms with Gasteiger partial charge < -0.3 is 10.4 Å². The number of hydrogen-bond acceptors (Lipinski definition) is 4. The molecule has 0 aromatic rings. The van der Waals surface area contributed by atoms with Gasteiger partial charge in [0, 0.05) is 6.54 Å². The van der Waals surface area contributed by atoms with E-state index in [4.69, 9.17) is 5.11 Å². The summed E-state index contributed by atoms with van der Waals surface area (Å²) in [5.74, 6) is -1.96. The molecule has 1 aliphatic rings. The number of rotatable bonds is 5. The standard InChI is InChI=1S/C11H19NO5S/c1-3-11(2,10(14)15)7-12-9(13)8-4-5-18(16,17)6-8/h8H,3-7H2,1-2H3,(H,12,13)(H,14,15). The summed E-state index contributed by atoms with van der Waals surface area (Å²) in [5.41, 5.74) is -1.01. The van der Waals surface area contributed by atoms with Gasteiger partial charge in [0.2, 0.25) is 5.91 Å². The SMILES string of the molecule is CCC(C)(CNC(=O)C1CCS(=O)(=O)C1)C(=O)O. The Morgan fingerprint density at radius 3 is 2.44 bits per heavy atom. The topological polar surface area (TPSA) is 101 Å². The van der Waals surface area contributed by atoms with Crippen molar-refractivity contribution in [3.63, 3.8) is 0 Å². The fraction of sp³-hybridized carbons (Fsp3) is 0.818. The summed E-state index contributed by atoms with van der Waals surface area (Å²) in [6.07, 6.45) is 0.718. The Labute approximate surface area is 107 Å². The first-order valence-electron chi connectivity index (χ1n) is 5.92. The van der Waals surface area contributed by atoms with E-state index in [1.54, 1.807) is 13.8 Å². The second-order valence-corrected chi connectivity index (χ2v) is 7.27. The minimum Gasteiger partial charge on any atom is -0.481 e. The van der Waals surface area contributed by atoms with Crippen molar-refractivity contribution in [2.75, 3.05) is 18.1 Å². The lowest BCUT2D eigenvalue weighted by Crippen LogP contribution is -2.42. The van der Waals surface area contributed by atoms with Crippen molar-refractivity contribution in [1.82, 2.24) is 5.32 Å². The van der Waals surface area contributed by atoms with Gasteiger partial charge in [-0.2, -0.15) is 0 Å². The summed E-state index contributed by atoms with van der Waals surface area (Å²) in [5, 5.41) is 11.6. The second kappa shape index (κ2) is 5.26. The Balaban J connectivity index is 2.54. The lowest BCUT2D eigenvalue weighted by molar-refractivity contribution is -0.148. The number of sulfone groups is 1. The molecule has 0 aromatic carbocycles. The third-order valence-corrected chi connectivity index (χ3v) is 5.32. The molecule has 1 amide bonds. The number of nitrogens with one attached hydrogen (secondary N) is 1. The maximum absolute atomic E-state index is 11.7. The van der Waals surface area contributed by atoms with Gasteiger partial charge in [0.15, 0.2) is 9.84 Å². The van der Waals surface area contributed by atoms with Crippen LogP contribution in [0.5, 0.6) is 0 Å². The minimum absolute atomic E-state index is 0.0220. The Morgan fingerprint density at radius 2 is 2.06 bits per heavy atom. The number of carbonyl (C=O) groups excluding carboxylic acids is 1. The van der Waals surface area contributed by atoms with Crippen LogP contribution in [0.3, 0.4) is 0 Å². The second-order valence-electron chi connectivity index (χ2n) is 5.04. The van der Waals surface area contributed by atoms with Gasteiger partial charge in [-0.3, -0.25) is 9.59 Å². The van der Waals surface area contributed by atoms with Crippen LogP contribution in [0.15, 0.2) is 0 Å². The molecule has 1 saturated heterocycles. The van der Waals surface area contributed by atoms with E-state index in [-0.39, 0.29) is 24.0 Å². The van der Waals surface area contributed by atoms with Crippen molar-refractivity contribution < 1.29 is 23.1 Å². The van der Waals surface area contributed by atoms with E-state index in [1.807, 2.05) is 0 Å². The Kier molecular flexibility index (Phi) is 4.37. The number of hydrogen-bond donors (Lipinski definition) is 2. The molecular formula is C11H19NO5S. The van der Waals surface area contributed by atoms with E-state index >= 15 is 0 Å². The molecule has 7 heteroatoms. The fourth-order valence-electron chi connectivity index (χ4n) is 1.78. The van der Waals surface area contributed by atoms with E-state index in [0.717, 1.165) is 0 Å². The number of carboxylic acid groups (broad SMARTS) is 1. The smallest absolute Gasteiger partial charge is 0.311 e. The first-order chi connectivity index (χ1) is 8.20. The quantitative estimate of drug-likeness (QED) is 0.739. The fourth-order valence-corrected chi connectivity index (χ4v) is 3.52.